The van der Waals surface area contributed by atoms with E-state index in [4.69, 9.17) is 0 Å². The van der Waals surface area contributed by atoms with Gasteiger partial charge in [-0.1, -0.05) is 19.1 Å². The van der Waals surface area contributed by atoms with Gasteiger partial charge in [-0.3, -0.25) is 9.79 Å². The van der Waals surface area contributed by atoms with Crippen LogP contribution < -0.4 is 5.32 Å². The van der Waals surface area contributed by atoms with E-state index in [-0.39, 0.29) is 35.0 Å². The summed E-state index contributed by atoms with van der Waals surface area (Å²) in [5, 5.41) is 3.16. The fourth-order valence-corrected chi connectivity index (χ4v) is 5.21. The molecule has 0 aromatic carbocycles. The Morgan fingerprint density at radius 1 is 1.62 bits per heavy atom. The minimum Gasteiger partial charge on any atom is -0.353 e. The predicted molar refractivity (Wildman–Crippen MR) is 92.3 cm³/mol. The maximum atomic E-state index is 12.5. The number of carbonyl (C=O) groups is 1. The van der Waals surface area contributed by atoms with Crippen molar-refractivity contribution in [2.24, 2.45) is 16.8 Å². The Labute approximate surface area is 137 Å². The standard InChI is InChI=1S/C16H22N2OS.ClH/c1-3-11(2)18-15(19)12-10-20-16-8-5-4-6-14(16)17-9-7-13(12)16;/h4-6,9,11-13H,3,7-8,10H2,1-2H3,(H,18,19);1H. The third-order valence-electron chi connectivity index (χ3n) is 4.78. The molecule has 3 rings (SSSR count). The first-order chi connectivity index (χ1) is 9.67. The van der Waals surface area contributed by atoms with E-state index in [9.17, 15) is 4.79 Å². The number of carbonyl (C=O) groups excluding carboxylic acids is 1. The first kappa shape index (κ1) is 16.6. The van der Waals surface area contributed by atoms with Gasteiger partial charge in [-0.15, -0.1) is 24.2 Å². The fraction of sp³-hybridized carbons (Fsp3) is 0.625. The Kier molecular flexibility index (Phi) is 5.20. The molecule has 3 aliphatic rings. The molecule has 1 spiro atoms. The highest BCUT2D eigenvalue weighted by atomic mass is 35.5. The Hall–Kier alpha value is -0.740. The fourth-order valence-electron chi connectivity index (χ4n) is 3.39. The average molecular weight is 327 g/mol. The molecule has 0 saturated carbocycles. The van der Waals surface area contributed by atoms with E-state index in [0.717, 1.165) is 25.0 Å². The van der Waals surface area contributed by atoms with Crippen molar-refractivity contribution in [2.75, 3.05) is 5.75 Å². The number of nitrogens with zero attached hydrogens (tertiary/aromatic N) is 1. The number of aliphatic imine (C=N–C) groups is 1. The number of hydrogen-bond acceptors (Lipinski definition) is 3. The molecule has 1 amide bonds. The van der Waals surface area contributed by atoms with Crippen LogP contribution in [0.5, 0.6) is 0 Å². The van der Waals surface area contributed by atoms with Crippen LogP contribution in [0.15, 0.2) is 28.9 Å². The van der Waals surface area contributed by atoms with Crippen LogP contribution in [-0.2, 0) is 4.79 Å². The van der Waals surface area contributed by atoms with E-state index in [0.29, 0.717) is 5.92 Å². The summed E-state index contributed by atoms with van der Waals surface area (Å²) in [4.78, 5) is 17.1. The highest BCUT2D eigenvalue weighted by Crippen LogP contribution is 2.56. The number of hydrogen-bond donors (Lipinski definition) is 1. The molecule has 2 heterocycles. The van der Waals surface area contributed by atoms with Crippen LogP contribution in [0.1, 0.15) is 33.1 Å². The third kappa shape index (κ3) is 2.80. The van der Waals surface area contributed by atoms with Crippen molar-refractivity contribution in [2.45, 2.75) is 43.9 Å². The molecule has 0 radical (unpaired) electrons. The van der Waals surface area contributed by atoms with Crippen molar-refractivity contribution in [3.63, 3.8) is 0 Å². The number of allylic oxidation sites excluding steroid dienone is 3. The summed E-state index contributed by atoms with van der Waals surface area (Å²) in [5.74, 6) is 1.67. The first-order valence-corrected chi connectivity index (χ1v) is 8.50. The highest BCUT2D eigenvalue weighted by molar-refractivity contribution is 8.01. The first-order valence-electron chi connectivity index (χ1n) is 7.51. The van der Waals surface area contributed by atoms with E-state index in [1.54, 1.807) is 0 Å². The second-order valence-corrected chi connectivity index (χ2v) is 7.31. The summed E-state index contributed by atoms with van der Waals surface area (Å²) in [6, 6.07) is 0.266. The topological polar surface area (TPSA) is 41.5 Å². The van der Waals surface area contributed by atoms with Gasteiger partial charge in [0.1, 0.15) is 0 Å². The van der Waals surface area contributed by atoms with Gasteiger partial charge in [0, 0.05) is 18.0 Å². The molecule has 0 aromatic rings. The van der Waals surface area contributed by atoms with Gasteiger partial charge >= 0.3 is 0 Å². The smallest absolute Gasteiger partial charge is 0.224 e. The summed E-state index contributed by atoms with van der Waals surface area (Å²) in [7, 11) is 0. The van der Waals surface area contributed by atoms with Crippen molar-refractivity contribution in [3.05, 3.63) is 23.9 Å². The lowest BCUT2D eigenvalue weighted by Gasteiger charge is -2.39. The average Bonchev–Trinajstić information content (AvgIpc) is 2.84. The number of rotatable bonds is 3. The summed E-state index contributed by atoms with van der Waals surface area (Å²) >= 11 is 1.93. The maximum absolute atomic E-state index is 12.5. The molecule has 4 atom stereocenters. The van der Waals surface area contributed by atoms with Gasteiger partial charge in [-0.2, -0.15) is 0 Å². The largest absolute Gasteiger partial charge is 0.353 e. The number of halogens is 1. The molecule has 21 heavy (non-hydrogen) atoms. The Morgan fingerprint density at radius 2 is 2.43 bits per heavy atom. The van der Waals surface area contributed by atoms with Gasteiger partial charge in [-0.25, -0.2) is 0 Å². The lowest BCUT2D eigenvalue weighted by molar-refractivity contribution is -0.126. The zero-order chi connectivity index (χ0) is 14.2. The highest BCUT2D eigenvalue weighted by Gasteiger charge is 2.54. The Bertz CT molecular complexity index is 503. The molecule has 2 aliphatic heterocycles. The molecule has 4 unspecified atom stereocenters. The van der Waals surface area contributed by atoms with Crippen LogP contribution in [-0.4, -0.2) is 28.7 Å². The number of nitrogens with one attached hydrogen (secondary N) is 1. The molecule has 1 N–H and O–H groups in total. The van der Waals surface area contributed by atoms with Crippen molar-refractivity contribution < 1.29 is 4.79 Å². The van der Waals surface area contributed by atoms with Gasteiger partial charge in [0.2, 0.25) is 5.91 Å². The van der Waals surface area contributed by atoms with Gasteiger partial charge in [0.25, 0.3) is 0 Å². The summed E-state index contributed by atoms with van der Waals surface area (Å²) < 4.78 is 0.0565. The van der Waals surface area contributed by atoms with Crippen LogP contribution >= 0.6 is 24.2 Å². The minimum absolute atomic E-state index is 0. The van der Waals surface area contributed by atoms with Crippen LogP contribution in [0.3, 0.4) is 0 Å². The van der Waals surface area contributed by atoms with Gasteiger partial charge in [0.15, 0.2) is 0 Å². The molecule has 1 fully saturated rings. The second-order valence-electron chi connectivity index (χ2n) is 5.96. The third-order valence-corrected chi connectivity index (χ3v) is 6.50. The zero-order valence-corrected chi connectivity index (χ0v) is 14.2. The van der Waals surface area contributed by atoms with Gasteiger partial charge in [0.05, 0.1) is 16.4 Å². The minimum atomic E-state index is 0. The lowest BCUT2D eigenvalue weighted by Crippen LogP contribution is -2.45. The van der Waals surface area contributed by atoms with E-state index >= 15 is 0 Å². The van der Waals surface area contributed by atoms with Crippen molar-refractivity contribution in [1.29, 1.82) is 0 Å². The second kappa shape index (κ2) is 6.57. The van der Waals surface area contributed by atoms with Crippen LogP contribution in [0.4, 0.5) is 0 Å². The molecule has 0 aromatic heterocycles. The SMILES string of the molecule is CCC(C)NC(=O)C1CSC23CC=CC=C2N=CCC13.Cl. The Balaban J connectivity index is 0.00000161. The normalized spacial score (nSPS) is 34.3. The molecule has 1 aliphatic carbocycles. The predicted octanol–water partition coefficient (Wildman–Crippen LogP) is 3.36. The quantitative estimate of drug-likeness (QED) is 0.864. The number of amides is 1. The van der Waals surface area contributed by atoms with E-state index in [2.05, 4.69) is 42.4 Å². The van der Waals surface area contributed by atoms with Gasteiger partial charge < -0.3 is 5.32 Å². The molecule has 0 bridgehead atoms. The van der Waals surface area contributed by atoms with E-state index in [1.165, 1.54) is 5.70 Å². The van der Waals surface area contributed by atoms with Crippen molar-refractivity contribution in [3.8, 4) is 0 Å². The van der Waals surface area contributed by atoms with E-state index in [1.807, 2.05) is 18.0 Å². The summed E-state index contributed by atoms with van der Waals surface area (Å²) in [5.41, 5.74) is 1.17. The van der Waals surface area contributed by atoms with Gasteiger partial charge in [-0.05, 0) is 38.2 Å². The summed E-state index contributed by atoms with van der Waals surface area (Å²) in [6.07, 6.45) is 11.4. The molecule has 116 valence electrons. The van der Waals surface area contributed by atoms with Crippen LogP contribution in [0.2, 0.25) is 0 Å². The van der Waals surface area contributed by atoms with Crippen LogP contribution in [0, 0.1) is 11.8 Å². The van der Waals surface area contributed by atoms with E-state index < -0.39 is 0 Å². The zero-order valence-electron chi connectivity index (χ0n) is 12.5. The monoisotopic (exact) mass is 326 g/mol. The molecule has 3 nitrogen and oxygen atoms in total. The summed E-state index contributed by atoms with van der Waals surface area (Å²) in [6.45, 7) is 4.18. The Morgan fingerprint density at radius 3 is 3.19 bits per heavy atom. The molecular formula is C16H23ClN2OS. The molecule has 5 heteroatoms. The number of thioether (sulfide) groups is 1. The molecule has 1 saturated heterocycles. The maximum Gasteiger partial charge on any atom is 0.224 e. The van der Waals surface area contributed by atoms with Crippen molar-refractivity contribution in [1.82, 2.24) is 5.32 Å². The van der Waals surface area contributed by atoms with Crippen molar-refractivity contribution >= 4 is 36.3 Å². The lowest BCUT2D eigenvalue weighted by atomic mass is 9.73. The van der Waals surface area contributed by atoms with Crippen LogP contribution in [0.25, 0.3) is 0 Å². The molecular weight excluding hydrogens is 304 g/mol.